The number of nitrogens with one attached hydrogen (secondary N) is 1. The number of benzene rings is 2. The Kier molecular flexibility index (Phi) is 6.04. The molecule has 1 heterocycles. The van der Waals surface area contributed by atoms with Crippen LogP contribution in [-0.2, 0) is 11.9 Å². The van der Waals surface area contributed by atoms with Crippen molar-refractivity contribution in [2.45, 2.75) is 30.1 Å². The quantitative estimate of drug-likeness (QED) is 0.421. The third-order valence-electron chi connectivity index (χ3n) is 4.04. The number of carbonyl (C=O) groups excluding carboxylic acids is 1. The van der Waals surface area contributed by atoms with Gasteiger partial charge in [-0.1, -0.05) is 41.3 Å². The monoisotopic (exact) mass is 423 g/mol. The first-order valence-corrected chi connectivity index (χ1v) is 10.0. The van der Waals surface area contributed by atoms with Crippen LogP contribution in [0.5, 0.6) is 0 Å². The molecule has 3 aromatic rings. The molecule has 0 aliphatic heterocycles. The van der Waals surface area contributed by atoms with E-state index < -0.39 is 11.7 Å². The predicted octanol–water partition coefficient (Wildman–Crippen LogP) is 5.72. The summed E-state index contributed by atoms with van der Waals surface area (Å²) in [5.41, 5.74) is 2.74. The lowest BCUT2D eigenvalue weighted by Crippen LogP contribution is -2.12. The van der Waals surface area contributed by atoms with Crippen molar-refractivity contribution in [3.05, 3.63) is 70.3 Å². The second-order valence-corrected chi connectivity index (χ2v) is 8.31. The highest BCUT2D eigenvalue weighted by Crippen LogP contribution is 2.31. The predicted molar refractivity (Wildman–Crippen MR) is 105 cm³/mol. The van der Waals surface area contributed by atoms with Gasteiger partial charge in [-0.15, -0.1) is 10.2 Å². The highest BCUT2D eigenvalue weighted by molar-refractivity contribution is 8.00. The van der Waals surface area contributed by atoms with E-state index in [0.29, 0.717) is 20.8 Å². The lowest BCUT2D eigenvalue weighted by molar-refractivity contribution is -0.137. The first-order valence-electron chi connectivity index (χ1n) is 8.23. The summed E-state index contributed by atoms with van der Waals surface area (Å²) in [5, 5.41) is 11.0. The summed E-state index contributed by atoms with van der Waals surface area (Å²) in [6, 6.07) is 10.5. The van der Waals surface area contributed by atoms with E-state index >= 15 is 0 Å². The summed E-state index contributed by atoms with van der Waals surface area (Å²) >= 11 is 2.57. The minimum atomic E-state index is -4.34. The van der Waals surface area contributed by atoms with Crippen LogP contribution in [0.1, 0.15) is 32.6 Å². The summed E-state index contributed by atoms with van der Waals surface area (Å²) in [6.07, 6.45) is -4.34. The van der Waals surface area contributed by atoms with E-state index in [4.69, 9.17) is 0 Å². The van der Waals surface area contributed by atoms with E-state index in [-0.39, 0.29) is 5.91 Å². The van der Waals surface area contributed by atoms with Crippen molar-refractivity contribution in [3.63, 3.8) is 0 Å². The third kappa shape index (κ3) is 5.11. The second kappa shape index (κ2) is 8.32. The minimum absolute atomic E-state index is 0.265. The van der Waals surface area contributed by atoms with Gasteiger partial charge in [0.1, 0.15) is 0 Å². The molecule has 4 nitrogen and oxygen atoms in total. The number of rotatable bonds is 5. The highest BCUT2D eigenvalue weighted by atomic mass is 32.2. The molecule has 1 aromatic heterocycles. The molecule has 0 bridgehead atoms. The average Bonchev–Trinajstić information content (AvgIpc) is 3.09. The van der Waals surface area contributed by atoms with Gasteiger partial charge in [0.05, 0.1) is 5.56 Å². The number of amides is 1. The maximum atomic E-state index is 12.6. The van der Waals surface area contributed by atoms with Crippen molar-refractivity contribution in [2.75, 3.05) is 5.32 Å². The fraction of sp³-hybridized carbons (Fsp3) is 0.211. The van der Waals surface area contributed by atoms with Crippen LogP contribution in [0.3, 0.4) is 0 Å². The molecule has 1 amide bonds. The van der Waals surface area contributed by atoms with Crippen molar-refractivity contribution >= 4 is 34.1 Å². The maximum Gasteiger partial charge on any atom is 0.416 e. The molecule has 0 atom stereocenters. The first kappa shape index (κ1) is 20.3. The number of nitrogens with zero attached hydrogens (tertiary/aromatic N) is 2. The standard InChI is InChI=1S/C19H16F3N3OS2/c1-11-3-6-14(9-12(11)2)16(26)23-17-24-25-18(28-17)27-10-13-4-7-15(8-5-13)19(20,21)22/h3-9H,10H2,1-2H3,(H,23,24,26). The molecule has 146 valence electrons. The number of hydrogen-bond donors (Lipinski definition) is 1. The number of carbonyl (C=O) groups is 1. The van der Waals surface area contributed by atoms with Crippen molar-refractivity contribution in [1.29, 1.82) is 0 Å². The number of hydrogen-bond acceptors (Lipinski definition) is 5. The molecule has 28 heavy (non-hydrogen) atoms. The Morgan fingerprint density at radius 2 is 1.79 bits per heavy atom. The van der Waals surface area contributed by atoms with Gasteiger partial charge in [-0.2, -0.15) is 13.2 Å². The molecule has 0 unspecified atom stereocenters. The molecule has 0 spiro atoms. The van der Waals surface area contributed by atoms with Gasteiger partial charge in [0.25, 0.3) is 5.91 Å². The molecule has 0 radical (unpaired) electrons. The normalized spacial score (nSPS) is 11.5. The summed E-state index contributed by atoms with van der Waals surface area (Å²) in [5.74, 6) is 0.191. The Morgan fingerprint density at radius 1 is 1.07 bits per heavy atom. The molecule has 3 rings (SSSR count). The van der Waals surface area contributed by atoms with Crippen molar-refractivity contribution in [3.8, 4) is 0 Å². The number of halogens is 3. The fourth-order valence-electron chi connectivity index (χ4n) is 2.31. The van der Waals surface area contributed by atoms with Crippen LogP contribution in [0.4, 0.5) is 18.3 Å². The zero-order valence-electron chi connectivity index (χ0n) is 15.0. The van der Waals surface area contributed by atoms with Crippen LogP contribution in [0, 0.1) is 13.8 Å². The zero-order chi connectivity index (χ0) is 20.3. The summed E-state index contributed by atoms with van der Waals surface area (Å²) in [4.78, 5) is 12.3. The SMILES string of the molecule is Cc1ccc(C(=O)Nc2nnc(SCc3ccc(C(F)(F)F)cc3)s2)cc1C. The van der Waals surface area contributed by atoms with Crippen LogP contribution in [0.15, 0.2) is 46.8 Å². The van der Waals surface area contributed by atoms with Crippen LogP contribution in [0.25, 0.3) is 0 Å². The Labute approximate surface area is 168 Å². The second-order valence-electron chi connectivity index (χ2n) is 6.11. The van der Waals surface area contributed by atoms with E-state index in [9.17, 15) is 18.0 Å². The molecule has 2 aromatic carbocycles. The number of alkyl halides is 3. The van der Waals surface area contributed by atoms with Crippen molar-refractivity contribution < 1.29 is 18.0 Å². The van der Waals surface area contributed by atoms with Gasteiger partial charge < -0.3 is 0 Å². The minimum Gasteiger partial charge on any atom is -0.296 e. The van der Waals surface area contributed by atoms with E-state index in [2.05, 4.69) is 15.5 Å². The van der Waals surface area contributed by atoms with E-state index in [0.717, 1.165) is 28.8 Å². The Hall–Kier alpha value is -2.39. The summed E-state index contributed by atoms with van der Waals surface area (Å²) < 4.78 is 38.4. The van der Waals surface area contributed by atoms with Gasteiger partial charge in [-0.05, 0) is 54.8 Å². The molecule has 0 aliphatic rings. The molecular formula is C19H16F3N3OS2. The van der Waals surface area contributed by atoms with Gasteiger partial charge in [0.2, 0.25) is 5.13 Å². The van der Waals surface area contributed by atoms with Crippen LogP contribution >= 0.6 is 23.1 Å². The summed E-state index contributed by atoms with van der Waals surface area (Å²) in [7, 11) is 0. The smallest absolute Gasteiger partial charge is 0.296 e. The van der Waals surface area contributed by atoms with Gasteiger partial charge >= 0.3 is 6.18 Å². The zero-order valence-corrected chi connectivity index (χ0v) is 16.6. The fourth-order valence-corrected chi connectivity index (χ4v) is 4.01. The topological polar surface area (TPSA) is 54.9 Å². The molecule has 9 heteroatoms. The first-order chi connectivity index (χ1) is 13.2. The number of thioether (sulfide) groups is 1. The van der Waals surface area contributed by atoms with Gasteiger partial charge in [0, 0.05) is 11.3 Å². The van der Waals surface area contributed by atoms with Crippen molar-refractivity contribution in [1.82, 2.24) is 10.2 Å². The number of aromatic nitrogens is 2. The maximum absolute atomic E-state index is 12.6. The van der Waals surface area contributed by atoms with Gasteiger partial charge in [-0.25, -0.2) is 0 Å². The lowest BCUT2D eigenvalue weighted by Gasteiger charge is -2.06. The Balaban J connectivity index is 1.58. The van der Waals surface area contributed by atoms with Gasteiger partial charge in [0.15, 0.2) is 4.34 Å². The van der Waals surface area contributed by atoms with Crippen molar-refractivity contribution in [2.24, 2.45) is 0 Å². The van der Waals surface area contributed by atoms with E-state index in [1.807, 2.05) is 26.0 Å². The van der Waals surface area contributed by atoms with Gasteiger partial charge in [-0.3, -0.25) is 10.1 Å². The Bertz CT molecular complexity index is 985. The number of aryl methyl sites for hydroxylation is 2. The molecule has 0 saturated heterocycles. The van der Waals surface area contributed by atoms with Crippen LogP contribution in [-0.4, -0.2) is 16.1 Å². The average molecular weight is 423 g/mol. The molecule has 0 fully saturated rings. The van der Waals surface area contributed by atoms with E-state index in [1.165, 1.54) is 35.2 Å². The largest absolute Gasteiger partial charge is 0.416 e. The lowest BCUT2D eigenvalue weighted by atomic mass is 10.1. The highest BCUT2D eigenvalue weighted by Gasteiger charge is 2.29. The molecule has 0 saturated carbocycles. The van der Waals surface area contributed by atoms with Crippen LogP contribution < -0.4 is 5.32 Å². The van der Waals surface area contributed by atoms with Crippen LogP contribution in [0.2, 0.25) is 0 Å². The Morgan fingerprint density at radius 3 is 2.43 bits per heavy atom. The molecule has 1 N–H and O–H groups in total. The van der Waals surface area contributed by atoms with E-state index in [1.54, 1.807) is 6.07 Å². The summed E-state index contributed by atoms with van der Waals surface area (Å²) in [6.45, 7) is 3.91. The molecule has 0 aliphatic carbocycles. The molecular weight excluding hydrogens is 407 g/mol. The third-order valence-corrected chi connectivity index (χ3v) is 6.08. The number of anilines is 1.